The molecule has 1 aliphatic heterocycles. The van der Waals surface area contributed by atoms with Crippen molar-refractivity contribution >= 4 is 36.4 Å². The quantitative estimate of drug-likeness (QED) is 0.625. The SMILES string of the molecule is Cc1ccc2nc(COc3cccc(C(=O)N4CCC(N)C(C)(C)C4)c3)cn2c1.Cl.Cl. The van der Waals surface area contributed by atoms with Crippen LogP contribution in [0.15, 0.2) is 48.8 Å². The number of aromatic nitrogens is 2. The Morgan fingerprint density at radius 1 is 1.23 bits per heavy atom. The molecule has 6 nitrogen and oxygen atoms in total. The summed E-state index contributed by atoms with van der Waals surface area (Å²) in [7, 11) is 0. The average Bonchev–Trinajstić information content (AvgIpc) is 3.10. The van der Waals surface area contributed by atoms with E-state index in [2.05, 4.69) is 25.8 Å². The smallest absolute Gasteiger partial charge is 0.254 e. The lowest BCUT2D eigenvalue weighted by atomic mass is 9.79. The van der Waals surface area contributed by atoms with E-state index in [9.17, 15) is 4.79 Å². The first-order valence-corrected chi connectivity index (χ1v) is 10.0. The van der Waals surface area contributed by atoms with Crippen molar-refractivity contribution in [2.24, 2.45) is 11.1 Å². The number of carbonyl (C=O) groups is 1. The van der Waals surface area contributed by atoms with E-state index in [-0.39, 0.29) is 42.2 Å². The number of nitrogens with two attached hydrogens (primary N) is 1. The van der Waals surface area contributed by atoms with Gasteiger partial charge in [0.25, 0.3) is 5.91 Å². The lowest BCUT2D eigenvalue weighted by Gasteiger charge is -2.42. The molecule has 4 rings (SSSR count). The van der Waals surface area contributed by atoms with E-state index in [1.165, 1.54) is 5.56 Å². The molecule has 2 N–H and O–H groups in total. The molecule has 1 atom stereocenters. The minimum Gasteiger partial charge on any atom is -0.487 e. The minimum absolute atomic E-state index is 0. The third-order valence-corrected chi connectivity index (χ3v) is 5.72. The summed E-state index contributed by atoms with van der Waals surface area (Å²) in [6.07, 6.45) is 4.83. The molecule has 1 aliphatic rings. The number of pyridine rings is 1. The van der Waals surface area contributed by atoms with Crippen LogP contribution < -0.4 is 10.5 Å². The highest BCUT2D eigenvalue weighted by atomic mass is 35.5. The summed E-state index contributed by atoms with van der Waals surface area (Å²) in [5, 5.41) is 0. The highest BCUT2D eigenvalue weighted by molar-refractivity contribution is 5.94. The number of ether oxygens (including phenoxy) is 1. The van der Waals surface area contributed by atoms with Crippen molar-refractivity contribution in [2.45, 2.75) is 39.8 Å². The average molecular weight is 465 g/mol. The lowest BCUT2D eigenvalue weighted by Crippen LogP contribution is -2.53. The molecule has 0 aliphatic carbocycles. The molecule has 168 valence electrons. The van der Waals surface area contributed by atoms with Gasteiger partial charge in [-0.05, 0) is 48.6 Å². The normalized spacial score (nSPS) is 17.5. The maximum absolute atomic E-state index is 13.0. The summed E-state index contributed by atoms with van der Waals surface area (Å²) < 4.78 is 7.92. The topological polar surface area (TPSA) is 72.9 Å². The fourth-order valence-electron chi connectivity index (χ4n) is 3.83. The molecule has 1 fully saturated rings. The predicted molar refractivity (Wildman–Crippen MR) is 127 cm³/mol. The van der Waals surface area contributed by atoms with Gasteiger partial charge in [0, 0.05) is 37.1 Å². The molecule has 1 aromatic carbocycles. The second-order valence-electron chi connectivity index (χ2n) is 8.63. The van der Waals surface area contributed by atoms with Gasteiger partial charge < -0.3 is 19.8 Å². The predicted octanol–water partition coefficient (Wildman–Crippen LogP) is 4.26. The van der Waals surface area contributed by atoms with Gasteiger partial charge in [-0.1, -0.05) is 26.0 Å². The van der Waals surface area contributed by atoms with Crippen LogP contribution >= 0.6 is 24.8 Å². The monoisotopic (exact) mass is 464 g/mol. The number of nitrogens with zero attached hydrogens (tertiary/aromatic N) is 3. The Bertz CT molecular complexity index is 1050. The first kappa shape index (κ1) is 25.0. The van der Waals surface area contributed by atoms with Crippen LogP contribution in [-0.4, -0.2) is 39.3 Å². The van der Waals surface area contributed by atoms with E-state index in [1.807, 2.05) is 58.1 Å². The van der Waals surface area contributed by atoms with Crippen LogP contribution in [-0.2, 0) is 6.61 Å². The van der Waals surface area contributed by atoms with Gasteiger partial charge >= 0.3 is 0 Å². The number of benzene rings is 1. The fourth-order valence-corrected chi connectivity index (χ4v) is 3.83. The van der Waals surface area contributed by atoms with Crippen LogP contribution in [0.4, 0.5) is 0 Å². The van der Waals surface area contributed by atoms with Crippen molar-refractivity contribution < 1.29 is 9.53 Å². The maximum Gasteiger partial charge on any atom is 0.254 e. The first-order valence-electron chi connectivity index (χ1n) is 10.0. The summed E-state index contributed by atoms with van der Waals surface area (Å²) in [5.41, 5.74) is 9.68. The number of piperidine rings is 1. The van der Waals surface area contributed by atoms with Gasteiger partial charge in [-0.15, -0.1) is 24.8 Å². The number of amides is 1. The van der Waals surface area contributed by atoms with E-state index in [4.69, 9.17) is 10.5 Å². The Labute approximate surface area is 195 Å². The molecule has 0 spiro atoms. The van der Waals surface area contributed by atoms with Gasteiger partial charge in [0.05, 0.1) is 5.69 Å². The lowest BCUT2D eigenvalue weighted by molar-refractivity contribution is 0.0532. The van der Waals surface area contributed by atoms with E-state index in [1.54, 1.807) is 0 Å². The molecule has 1 saturated heterocycles. The Hall–Kier alpha value is -2.28. The molecule has 1 amide bonds. The molecule has 8 heteroatoms. The number of imidazole rings is 1. The molecule has 3 heterocycles. The van der Waals surface area contributed by atoms with E-state index >= 15 is 0 Å². The molecular formula is C23H30Cl2N4O2. The summed E-state index contributed by atoms with van der Waals surface area (Å²) in [5.74, 6) is 0.690. The van der Waals surface area contributed by atoms with Gasteiger partial charge in [-0.2, -0.15) is 0 Å². The number of fused-ring (bicyclic) bond motifs is 1. The van der Waals surface area contributed by atoms with Crippen LogP contribution in [0.1, 0.15) is 41.9 Å². The standard InChI is InChI=1S/C23H28N4O2.2ClH/c1-16-7-8-21-25-18(13-27(21)12-16)14-29-19-6-4-5-17(11-19)22(28)26-10-9-20(24)23(2,3)15-26;;/h4-8,11-13,20H,9-10,14-15,24H2,1-3H3;2*1H. The summed E-state index contributed by atoms with van der Waals surface area (Å²) in [6.45, 7) is 7.99. The number of halogens is 2. The van der Waals surface area contributed by atoms with Crippen LogP contribution in [0.5, 0.6) is 5.75 Å². The number of carbonyl (C=O) groups excluding carboxylic acids is 1. The van der Waals surface area contributed by atoms with Crippen molar-refractivity contribution in [3.8, 4) is 5.75 Å². The number of hydrogen-bond donors (Lipinski definition) is 1. The van der Waals surface area contributed by atoms with Crippen molar-refractivity contribution in [3.05, 3.63) is 65.6 Å². The maximum atomic E-state index is 13.0. The Kier molecular flexibility index (Phi) is 7.98. The largest absolute Gasteiger partial charge is 0.487 e. The van der Waals surface area contributed by atoms with E-state index in [0.717, 1.165) is 17.8 Å². The summed E-state index contributed by atoms with van der Waals surface area (Å²) >= 11 is 0. The van der Waals surface area contributed by atoms with Gasteiger partial charge in [0.1, 0.15) is 18.0 Å². The third kappa shape index (κ3) is 5.50. The van der Waals surface area contributed by atoms with E-state index in [0.29, 0.717) is 31.0 Å². The highest BCUT2D eigenvalue weighted by Crippen LogP contribution is 2.29. The fraction of sp³-hybridized carbons (Fsp3) is 0.391. The van der Waals surface area contributed by atoms with Crippen LogP contribution in [0.2, 0.25) is 0 Å². The van der Waals surface area contributed by atoms with Gasteiger partial charge in [-0.25, -0.2) is 4.98 Å². The molecular weight excluding hydrogens is 435 g/mol. The van der Waals surface area contributed by atoms with Crippen molar-refractivity contribution in [1.29, 1.82) is 0 Å². The first-order chi connectivity index (χ1) is 13.8. The van der Waals surface area contributed by atoms with Crippen molar-refractivity contribution in [2.75, 3.05) is 13.1 Å². The second-order valence-corrected chi connectivity index (χ2v) is 8.63. The second kappa shape index (κ2) is 9.90. The Morgan fingerprint density at radius 2 is 2.00 bits per heavy atom. The molecule has 31 heavy (non-hydrogen) atoms. The van der Waals surface area contributed by atoms with Gasteiger partial charge in [0.2, 0.25) is 0 Å². The third-order valence-electron chi connectivity index (χ3n) is 5.72. The zero-order chi connectivity index (χ0) is 20.6. The van der Waals surface area contributed by atoms with Gasteiger partial charge in [0.15, 0.2) is 0 Å². The van der Waals surface area contributed by atoms with Crippen LogP contribution in [0.25, 0.3) is 5.65 Å². The molecule has 2 aromatic heterocycles. The van der Waals surface area contributed by atoms with Gasteiger partial charge in [-0.3, -0.25) is 4.79 Å². The molecule has 0 radical (unpaired) electrons. The zero-order valence-corrected chi connectivity index (χ0v) is 19.7. The zero-order valence-electron chi connectivity index (χ0n) is 18.1. The van der Waals surface area contributed by atoms with E-state index < -0.39 is 0 Å². The minimum atomic E-state index is -0.0799. The summed E-state index contributed by atoms with van der Waals surface area (Å²) in [4.78, 5) is 19.5. The summed E-state index contributed by atoms with van der Waals surface area (Å²) in [6, 6.07) is 11.5. The van der Waals surface area contributed by atoms with Crippen LogP contribution in [0.3, 0.4) is 0 Å². The molecule has 3 aromatic rings. The Balaban J connectivity index is 0.00000171. The molecule has 0 saturated carbocycles. The Morgan fingerprint density at radius 3 is 2.74 bits per heavy atom. The molecule has 1 unspecified atom stereocenters. The number of likely N-dealkylation sites (tertiary alicyclic amines) is 1. The van der Waals surface area contributed by atoms with Crippen molar-refractivity contribution in [1.82, 2.24) is 14.3 Å². The number of aryl methyl sites for hydroxylation is 1. The van der Waals surface area contributed by atoms with Crippen molar-refractivity contribution in [3.63, 3.8) is 0 Å². The number of rotatable bonds is 4. The molecule has 0 bridgehead atoms. The highest BCUT2D eigenvalue weighted by Gasteiger charge is 2.35. The number of hydrogen-bond acceptors (Lipinski definition) is 4. The van der Waals surface area contributed by atoms with Crippen LogP contribution in [0, 0.1) is 12.3 Å².